The molecule has 0 saturated carbocycles. The Kier molecular flexibility index (Phi) is 7.76. The summed E-state index contributed by atoms with van der Waals surface area (Å²) in [5.74, 6) is 1.90. The van der Waals surface area contributed by atoms with Gasteiger partial charge in [0.05, 0.1) is 19.3 Å². The quantitative estimate of drug-likeness (QED) is 0.437. The summed E-state index contributed by atoms with van der Waals surface area (Å²) in [7, 11) is 1.71. The van der Waals surface area contributed by atoms with E-state index in [1.807, 2.05) is 13.1 Å². The summed E-state index contributed by atoms with van der Waals surface area (Å²) in [6.07, 6.45) is 3.07. The molecule has 1 aliphatic rings. The zero-order valence-electron chi connectivity index (χ0n) is 15.8. The Hall–Kier alpha value is -1.05. The van der Waals surface area contributed by atoms with Crippen LogP contribution in [0.5, 0.6) is 5.75 Å². The number of pyridine rings is 1. The van der Waals surface area contributed by atoms with Crippen LogP contribution in [0.3, 0.4) is 0 Å². The number of aromatic nitrogens is 1. The van der Waals surface area contributed by atoms with E-state index in [-0.39, 0.29) is 24.0 Å². The molecular weight excluding hydrogens is 415 g/mol. The maximum Gasteiger partial charge on any atom is 0.194 e. The number of methoxy groups -OCH3 is 1. The SMILES string of the molecule is CCNC(=NCc1ncc(C)c(OC)c1C)N1CCC(C)(C)C1.I. The summed E-state index contributed by atoms with van der Waals surface area (Å²) in [4.78, 5) is 11.7. The van der Waals surface area contributed by atoms with Gasteiger partial charge in [0.1, 0.15) is 5.75 Å². The van der Waals surface area contributed by atoms with Gasteiger partial charge in [-0.3, -0.25) is 4.98 Å². The van der Waals surface area contributed by atoms with Crippen LogP contribution in [0.25, 0.3) is 0 Å². The molecule has 0 unspecified atom stereocenters. The molecule has 0 atom stereocenters. The second kappa shape index (κ2) is 8.87. The highest BCUT2D eigenvalue weighted by Gasteiger charge is 2.30. The molecule has 2 rings (SSSR count). The average Bonchev–Trinajstić information content (AvgIpc) is 2.85. The predicted octanol–water partition coefficient (Wildman–Crippen LogP) is 3.52. The molecule has 24 heavy (non-hydrogen) atoms. The molecule has 6 heteroatoms. The number of halogens is 1. The van der Waals surface area contributed by atoms with Crippen molar-refractivity contribution in [2.24, 2.45) is 10.4 Å². The normalized spacial score (nSPS) is 16.8. The molecule has 5 nitrogen and oxygen atoms in total. The summed E-state index contributed by atoms with van der Waals surface area (Å²) in [5.41, 5.74) is 3.47. The van der Waals surface area contributed by atoms with Crippen LogP contribution in [0.2, 0.25) is 0 Å². The Morgan fingerprint density at radius 3 is 2.67 bits per heavy atom. The zero-order valence-corrected chi connectivity index (χ0v) is 18.1. The van der Waals surface area contributed by atoms with Crippen molar-refractivity contribution in [3.63, 3.8) is 0 Å². The average molecular weight is 446 g/mol. The van der Waals surface area contributed by atoms with Crippen molar-refractivity contribution >= 4 is 29.9 Å². The number of aliphatic imine (C=N–C) groups is 1. The summed E-state index contributed by atoms with van der Waals surface area (Å²) in [6.45, 7) is 14.3. The monoisotopic (exact) mass is 446 g/mol. The van der Waals surface area contributed by atoms with Crippen molar-refractivity contribution in [1.82, 2.24) is 15.2 Å². The van der Waals surface area contributed by atoms with Crippen LogP contribution >= 0.6 is 24.0 Å². The van der Waals surface area contributed by atoms with Crippen LogP contribution in [0.15, 0.2) is 11.2 Å². The number of ether oxygens (including phenoxy) is 1. The Bertz CT molecular complexity index is 587. The van der Waals surface area contributed by atoms with Crippen LogP contribution in [-0.2, 0) is 6.54 Å². The first-order valence-electron chi connectivity index (χ1n) is 8.40. The van der Waals surface area contributed by atoms with Crippen molar-refractivity contribution in [1.29, 1.82) is 0 Å². The Balaban J connectivity index is 0.00000288. The Morgan fingerprint density at radius 1 is 1.42 bits per heavy atom. The maximum absolute atomic E-state index is 5.48. The summed E-state index contributed by atoms with van der Waals surface area (Å²) in [5, 5.41) is 3.41. The molecule has 0 aliphatic carbocycles. The van der Waals surface area contributed by atoms with E-state index < -0.39 is 0 Å². The van der Waals surface area contributed by atoms with E-state index in [1.54, 1.807) is 7.11 Å². The van der Waals surface area contributed by atoms with Gasteiger partial charge >= 0.3 is 0 Å². The number of likely N-dealkylation sites (tertiary alicyclic amines) is 1. The largest absolute Gasteiger partial charge is 0.496 e. The van der Waals surface area contributed by atoms with Crippen molar-refractivity contribution in [3.8, 4) is 5.75 Å². The molecule has 136 valence electrons. The maximum atomic E-state index is 5.48. The molecule has 1 fully saturated rings. The standard InChI is InChI=1S/C18H30N4O.HI/c1-7-19-17(22-9-8-18(4,5)12-22)21-11-15-14(3)16(23-6)13(2)10-20-15;/h10H,7-9,11-12H2,1-6H3,(H,19,21);1H. The van der Waals surface area contributed by atoms with Gasteiger partial charge in [-0.25, -0.2) is 4.99 Å². The van der Waals surface area contributed by atoms with E-state index in [0.29, 0.717) is 12.0 Å². The van der Waals surface area contributed by atoms with Gasteiger partial charge in [0.15, 0.2) is 5.96 Å². The molecule has 1 saturated heterocycles. The number of hydrogen-bond donors (Lipinski definition) is 1. The molecule has 2 heterocycles. The molecule has 0 amide bonds. The van der Waals surface area contributed by atoms with E-state index >= 15 is 0 Å². The highest BCUT2D eigenvalue weighted by Crippen LogP contribution is 2.29. The molecule has 0 aromatic carbocycles. The minimum Gasteiger partial charge on any atom is -0.496 e. The van der Waals surface area contributed by atoms with Gasteiger partial charge in [0.25, 0.3) is 0 Å². The van der Waals surface area contributed by atoms with Crippen molar-refractivity contribution in [2.75, 3.05) is 26.7 Å². The minimum atomic E-state index is 0. The minimum absolute atomic E-state index is 0. The third kappa shape index (κ3) is 4.97. The van der Waals surface area contributed by atoms with Gasteiger partial charge in [-0.15, -0.1) is 24.0 Å². The second-order valence-electron chi connectivity index (χ2n) is 7.05. The lowest BCUT2D eigenvalue weighted by atomic mass is 9.93. The van der Waals surface area contributed by atoms with Crippen LogP contribution in [0.4, 0.5) is 0 Å². The van der Waals surface area contributed by atoms with E-state index in [0.717, 1.165) is 48.2 Å². The third-order valence-electron chi connectivity index (χ3n) is 4.44. The Morgan fingerprint density at radius 2 is 2.12 bits per heavy atom. The molecule has 1 N–H and O–H groups in total. The van der Waals surface area contributed by atoms with E-state index in [1.165, 1.54) is 6.42 Å². The van der Waals surface area contributed by atoms with Gasteiger partial charge in [-0.05, 0) is 32.6 Å². The van der Waals surface area contributed by atoms with Crippen LogP contribution in [-0.4, -0.2) is 42.6 Å². The lowest BCUT2D eigenvalue weighted by Gasteiger charge is -2.23. The number of nitrogens with zero attached hydrogens (tertiary/aromatic N) is 3. The van der Waals surface area contributed by atoms with Crippen LogP contribution in [0.1, 0.15) is 44.0 Å². The lowest BCUT2D eigenvalue weighted by Crippen LogP contribution is -2.40. The number of aryl methyl sites for hydroxylation is 1. The van der Waals surface area contributed by atoms with Gasteiger partial charge < -0.3 is 15.0 Å². The van der Waals surface area contributed by atoms with Gasteiger partial charge in [0, 0.05) is 37.0 Å². The molecule has 0 spiro atoms. The molecule has 0 bridgehead atoms. The van der Waals surface area contributed by atoms with Gasteiger partial charge in [0.2, 0.25) is 0 Å². The zero-order chi connectivity index (χ0) is 17.0. The first-order chi connectivity index (χ1) is 10.9. The first-order valence-corrected chi connectivity index (χ1v) is 8.40. The van der Waals surface area contributed by atoms with Crippen molar-refractivity contribution < 1.29 is 4.74 Å². The number of nitrogens with one attached hydrogen (secondary N) is 1. The van der Waals surface area contributed by atoms with Crippen LogP contribution in [0, 0.1) is 19.3 Å². The lowest BCUT2D eigenvalue weighted by molar-refractivity contribution is 0.370. The molecule has 1 aromatic rings. The smallest absolute Gasteiger partial charge is 0.194 e. The molecule has 1 aliphatic heterocycles. The molecule has 1 aromatic heterocycles. The number of guanidine groups is 1. The van der Waals surface area contributed by atoms with Gasteiger partial charge in [-0.1, -0.05) is 13.8 Å². The Labute approximate surface area is 163 Å². The predicted molar refractivity (Wildman–Crippen MR) is 110 cm³/mol. The second-order valence-corrected chi connectivity index (χ2v) is 7.05. The van der Waals surface area contributed by atoms with Crippen molar-refractivity contribution in [2.45, 2.75) is 47.6 Å². The fourth-order valence-corrected chi connectivity index (χ4v) is 3.10. The third-order valence-corrected chi connectivity index (χ3v) is 4.44. The van der Waals surface area contributed by atoms with E-state index in [9.17, 15) is 0 Å². The molecular formula is C18H31IN4O. The topological polar surface area (TPSA) is 49.8 Å². The van der Waals surface area contributed by atoms with Gasteiger partial charge in [-0.2, -0.15) is 0 Å². The van der Waals surface area contributed by atoms with Crippen molar-refractivity contribution in [3.05, 3.63) is 23.0 Å². The summed E-state index contributed by atoms with van der Waals surface area (Å²) >= 11 is 0. The fourth-order valence-electron chi connectivity index (χ4n) is 3.10. The highest BCUT2D eigenvalue weighted by molar-refractivity contribution is 14.0. The summed E-state index contributed by atoms with van der Waals surface area (Å²) < 4.78 is 5.48. The molecule has 0 radical (unpaired) electrons. The highest BCUT2D eigenvalue weighted by atomic mass is 127. The van der Waals surface area contributed by atoms with E-state index in [4.69, 9.17) is 9.73 Å². The first kappa shape index (κ1) is 21.0. The summed E-state index contributed by atoms with van der Waals surface area (Å²) in [6, 6.07) is 0. The van der Waals surface area contributed by atoms with Crippen LogP contribution < -0.4 is 10.1 Å². The number of hydrogen-bond acceptors (Lipinski definition) is 3. The van der Waals surface area contributed by atoms with E-state index in [2.05, 4.69) is 42.9 Å². The number of rotatable bonds is 4. The fraction of sp³-hybridized carbons (Fsp3) is 0.667.